The van der Waals surface area contributed by atoms with Crippen LogP contribution < -0.4 is 0 Å². The zero-order chi connectivity index (χ0) is 15.6. The van der Waals surface area contributed by atoms with E-state index in [9.17, 15) is 8.42 Å². The molecule has 0 radical (unpaired) electrons. The van der Waals surface area contributed by atoms with Crippen molar-refractivity contribution in [2.75, 3.05) is 7.05 Å². The normalized spacial score (nSPS) is 12.5. The van der Waals surface area contributed by atoms with E-state index in [0.29, 0.717) is 12.2 Å². The van der Waals surface area contributed by atoms with Crippen molar-refractivity contribution in [3.05, 3.63) is 24.0 Å². The number of hydrogen-bond donors (Lipinski definition) is 0. The summed E-state index contributed by atoms with van der Waals surface area (Å²) in [5.74, 6) is 0.830. The van der Waals surface area contributed by atoms with Gasteiger partial charge in [0, 0.05) is 19.5 Å². The standard InChI is InChI=1S/C12H19N5O3S/c1-5-10-14-11(20-15-10)8-16(4)21(18,19)12-6-7-13-17(12)9(2)3/h6-7,9H,5,8H2,1-4H3. The van der Waals surface area contributed by atoms with Gasteiger partial charge in [0.25, 0.3) is 10.0 Å². The van der Waals surface area contributed by atoms with Gasteiger partial charge in [0.15, 0.2) is 10.9 Å². The second kappa shape index (κ2) is 5.94. The van der Waals surface area contributed by atoms with Crippen LogP contribution >= 0.6 is 0 Å². The highest BCUT2D eigenvalue weighted by atomic mass is 32.2. The molecule has 0 aliphatic carbocycles. The molecule has 2 rings (SSSR count). The second-order valence-electron chi connectivity index (χ2n) is 4.93. The molecule has 0 unspecified atom stereocenters. The summed E-state index contributed by atoms with van der Waals surface area (Å²) in [6.07, 6.45) is 2.11. The molecule has 0 aromatic carbocycles. The molecular formula is C12H19N5O3S. The molecule has 0 aliphatic heterocycles. The Balaban J connectivity index is 2.24. The number of sulfonamides is 1. The molecule has 0 bridgehead atoms. The Morgan fingerprint density at radius 3 is 2.71 bits per heavy atom. The van der Waals surface area contributed by atoms with Crippen molar-refractivity contribution in [3.8, 4) is 0 Å². The molecular weight excluding hydrogens is 294 g/mol. The average Bonchev–Trinajstić information content (AvgIpc) is 3.07. The van der Waals surface area contributed by atoms with Gasteiger partial charge in [-0.1, -0.05) is 12.1 Å². The number of aryl methyl sites for hydroxylation is 1. The van der Waals surface area contributed by atoms with Crippen molar-refractivity contribution in [1.82, 2.24) is 24.2 Å². The first kappa shape index (κ1) is 15.6. The topological polar surface area (TPSA) is 94.1 Å². The van der Waals surface area contributed by atoms with Crippen molar-refractivity contribution < 1.29 is 12.9 Å². The first-order chi connectivity index (χ1) is 9.86. The van der Waals surface area contributed by atoms with Gasteiger partial charge in [0.2, 0.25) is 5.89 Å². The quantitative estimate of drug-likeness (QED) is 0.796. The van der Waals surface area contributed by atoms with Crippen LogP contribution in [-0.2, 0) is 23.0 Å². The summed E-state index contributed by atoms with van der Waals surface area (Å²) in [7, 11) is -2.19. The fourth-order valence-corrected chi connectivity index (χ4v) is 3.15. The molecule has 0 amide bonds. The van der Waals surface area contributed by atoms with Crippen molar-refractivity contribution in [1.29, 1.82) is 0 Å². The van der Waals surface area contributed by atoms with Crippen LogP contribution in [0.15, 0.2) is 21.8 Å². The third-order valence-corrected chi connectivity index (χ3v) is 4.78. The predicted molar refractivity (Wildman–Crippen MR) is 74.9 cm³/mol. The van der Waals surface area contributed by atoms with Gasteiger partial charge in [-0.25, -0.2) is 8.42 Å². The second-order valence-corrected chi connectivity index (χ2v) is 6.92. The predicted octanol–water partition coefficient (Wildman–Crippen LogP) is 1.23. The van der Waals surface area contributed by atoms with Crippen LogP contribution in [0.5, 0.6) is 0 Å². The SMILES string of the molecule is CCc1noc(CN(C)S(=O)(=O)c2ccnn2C(C)C)n1. The third-order valence-electron chi connectivity index (χ3n) is 2.98. The van der Waals surface area contributed by atoms with Crippen molar-refractivity contribution in [3.63, 3.8) is 0 Å². The van der Waals surface area contributed by atoms with E-state index in [-0.39, 0.29) is 23.5 Å². The van der Waals surface area contributed by atoms with Crippen LogP contribution in [0.4, 0.5) is 0 Å². The average molecular weight is 313 g/mol. The van der Waals surface area contributed by atoms with Crippen molar-refractivity contribution in [2.24, 2.45) is 0 Å². The molecule has 0 spiro atoms. The molecule has 0 saturated heterocycles. The lowest BCUT2D eigenvalue weighted by atomic mass is 10.4. The lowest BCUT2D eigenvalue weighted by Crippen LogP contribution is -2.29. The Morgan fingerprint density at radius 1 is 1.43 bits per heavy atom. The minimum atomic E-state index is -3.66. The van der Waals surface area contributed by atoms with Crippen LogP contribution in [0.1, 0.15) is 38.5 Å². The van der Waals surface area contributed by atoms with E-state index in [2.05, 4.69) is 15.2 Å². The van der Waals surface area contributed by atoms with Gasteiger partial charge in [-0.05, 0) is 19.9 Å². The maximum atomic E-state index is 12.6. The van der Waals surface area contributed by atoms with Gasteiger partial charge in [0.05, 0.1) is 12.7 Å². The Kier molecular flexibility index (Phi) is 4.43. The number of aromatic nitrogens is 4. The van der Waals surface area contributed by atoms with Gasteiger partial charge in [-0.2, -0.15) is 14.4 Å². The first-order valence-electron chi connectivity index (χ1n) is 6.67. The highest BCUT2D eigenvalue weighted by Crippen LogP contribution is 2.19. The Labute approximate surface area is 123 Å². The highest BCUT2D eigenvalue weighted by Gasteiger charge is 2.27. The van der Waals surface area contributed by atoms with Gasteiger partial charge in [-0.3, -0.25) is 4.68 Å². The fraction of sp³-hybridized carbons (Fsp3) is 0.583. The molecule has 21 heavy (non-hydrogen) atoms. The van der Waals surface area contributed by atoms with E-state index in [1.165, 1.54) is 28.3 Å². The van der Waals surface area contributed by atoms with Crippen molar-refractivity contribution >= 4 is 10.0 Å². The van der Waals surface area contributed by atoms with Gasteiger partial charge in [-0.15, -0.1) is 0 Å². The van der Waals surface area contributed by atoms with E-state index < -0.39 is 10.0 Å². The maximum absolute atomic E-state index is 12.6. The molecule has 8 nitrogen and oxygen atoms in total. The number of hydrogen-bond acceptors (Lipinski definition) is 6. The molecule has 9 heteroatoms. The largest absolute Gasteiger partial charge is 0.338 e. The van der Waals surface area contributed by atoms with E-state index in [1.807, 2.05) is 20.8 Å². The number of nitrogens with zero attached hydrogens (tertiary/aromatic N) is 5. The van der Waals surface area contributed by atoms with Gasteiger partial charge >= 0.3 is 0 Å². The molecule has 0 fully saturated rings. The van der Waals surface area contributed by atoms with Crippen LogP contribution in [0.25, 0.3) is 0 Å². The lowest BCUT2D eigenvalue weighted by molar-refractivity contribution is 0.332. The molecule has 0 saturated carbocycles. The summed E-state index contributed by atoms with van der Waals surface area (Å²) >= 11 is 0. The van der Waals surface area contributed by atoms with Crippen molar-refractivity contribution in [2.45, 2.75) is 44.8 Å². The maximum Gasteiger partial charge on any atom is 0.260 e. The summed E-state index contributed by atoms with van der Waals surface area (Å²) in [4.78, 5) is 4.11. The zero-order valence-electron chi connectivity index (χ0n) is 12.5. The Bertz CT molecular complexity index is 704. The highest BCUT2D eigenvalue weighted by molar-refractivity contribution is 7.89. The van der Waals surface area contributed by atoms with E-state index in [1.54, 1.807) is 0 Å². The summed E-state index contributed by atoms with van der Waals surface area (Å²) in [6.45, 7) is 5.67. The molecule has 2 aromatic rings. The van der Waals surface area contributed by atoms with Gasteiger partial charge < -0.3 is 4.52 Å². The lowest BCUT2D eigenvalue weighted by Gasteiger charge is -2.17. The molecule has 116 valence electrons. The minimum Gasteiger partial charge on any atom is -0.338 e. The Hall–Kier alpha value is -1.74. The van der Waals surface area contributed by atoms with E-state index in [0.717, 1.165) is 0 Å². The van der Waals surface area contributed by atoms with Gasteiger partial charge in [0.1, 0.15) is 0 Å². The molecule has 0 N–H and O–H groups in total. The summed E-state index contributed by atoms with van der Waals surface area (Å²) < 4.78 is 32.8. The summed E-state index contributed by atoms with van der Waals surface area (Å²) in [5.41, 5.74) is 0. The third kappa shape index (κ3) is 3.13. The van der Waals surface area contributed by atoms with E-state index >= 15 is 0 Å². The molecule has 0 aliphatic rings. The monoisotopic (exact) mass is 313 g/mol. The number of rotatable bonds is 6. The summed E-state index contributed by atoms with van der Waals surface area (Å²) in [5, 5.41) is 7.95. The zero-order valence-corrected chi connectivity index (χ0v) is 13.3. The van der Waals surface area contributed by atoms with Crippen LogP contribution in [0.3, 0.4) is 0 Å². The fourth-order valence-electron chi connectivity index (χ4n) is 1.83. The van der Waals surface area contributed by atoms with Crippen LogP contribution in [0, 0.1) is 0 Å². The molecule has 0 atom stereocenters. The van der Waals surface area contributed by atoms with Crippen LogP contribution in [0.2, 0.25) is 0 Å². The summed E-state index contributed by atoms with van der Waals surface area (Å²) in [6, 6.07) is 1.44. The minimum absolute atomic E-state index is 0.0264. The first-order valence-corrected chi connectivity index (χ1v) is 8.11. The van der Waals surface area contributed by atoms with Crippen LogP contribution in [-0.4, -0.2) is 39.7 Å². The molecule has 2 heterocycles. The molecule has 2 aromatic heterocycles. The smallest absolute Gasteiger partial charge is 0.260 e. The Morgan fingerprint density at radius 2 is 2.14 bits per heavy atom. The van der Waals surface area contributed by atoms with E-state index in [4.69, 9.17) is 4.52 Å².